The van der Waals surface area contributed by atoms with Crippen LogP contribution in [0.25, 0.3) is 21.8 Å². The monoisotopic (exact) mass is 400 g/mol. The zero-order valence-corrected chi connectivity index (χ0v) is 17.8. The van der Waals surface area contributed by atoms with Gasteiger partial charge >= 0.3 is 0 Å². The lowest BCUT2D eigenvalue weighted by Crippen LogP contribution is -2.30. The summed E-state index contributed by atoms with van der Waals surface area (Å²) in [5.74, 6) is 0. The lowest BCUT2D eigenvalue weighted by atomic mass is 9.95. The number of rotatable bonds is 5. The van der Waals surface area contributed by atoms with Crippen molar-refractivity contribution < 1.29 is 0 Å². The number of nitrogens with zero attached hydrogens (tertiary/aromatic N) is 3. The number of hydrogen-bond donors (Lipinski definition) is 1. The zero-order valence-electron chi connectivity index (χ0n) is 17.8. The molecule has 0 saturated heterocycles. The Kier molecular flexibility index (Phi) is 6.03. The summed E-state index contributed by atoms with van der Waals surface area (Å²) in [6.07, 6.45) is 15.1. The van der Waals surface area contributed by atoms with Crippen LogP contribution in [0.3, 0.4) is 0 Å². The van der Waals surface area contributed by atoms with E-state index in [0.29, 0.717) is 12.1 Å². The largest absolute Gasteiger partial charge is 0.310 e. The molecule has 2 aliphatic carbocycles. The van der Waals surface area contributed by atoms with Gasteiger partial charge in [-0.25, -0.2) is 0 Å². The first kappa shape index (κ1) is 19.6. The predicted octanol–water partition coefficient (Wildman–Crippen LogP) is 5.96. The molecule has 1 aromatic heterocycles. The third-order valence-corrected chi connectivity index (χ3v) is 6.91. The van der Waals surface area contributed by atoms with Crippen LogP contribution in [0.2, 0.25) is 0 Å². The van der Waals surface area contributed by atoms with E-state index < -0.39 is 0 Å². The van der Waals surface area contributed by atoms with Crippen molar-refractivity contribution in [3.63, 3.8) is 0 Å². The van der Waals surface area contributed by atoms with Crippen molar-refractivity contribution in [2.24, 2.45) is 4.99 Å². The van der Waals surface area contributed by atoms with Crippen LogP contribution in [0.1, 0.15) is 75.3 Å². The molecular formula is C26H32N4. The van der Waals surface area contributed by atoms with Crippen LogP contribution in [0.15, 0.2) is 41.4 Å². The molecule has 0 unspecified atom stereocenters. The van der Waals surface area contributed by atoms with E-state index in [2.05, 4.69) is 51.9 Å². The Morgan fingerprint density at radius 2 is 1.47 bits per heavy atom. The Morgan fingerprint density at radius 3 is 2.27 bits per heavy atom. The van der Waals surface area contributed by atoms with E-state index >= 15 is 0 Å². The molecule has 2 aromatic carbocycles. The molecule has 2 aliphatic rings. The molecule has 3 aromatic rings. The van der Waals surface area contributed by atoms with Gasteiger partial charge < -0.3 is 5.32 Å². The Labute approximate surface area is 179 Å². The lowest BCUT2D eigenvalue weighted by Gasteiger charge is -2.23. The van der Waals surface area contributed by atoms with Crippen LogP contribution in [0, 0.1) is 0 Å². The molecule has 1 heterocycles. The number of aliphatic imine (C=N–C) groups is 1. The molecule has 0 amide bonds. The highest BCUT2D eigenvalue weighted by atomic mass is 15.1. The summed E-state index contributed by atoms with van der Waals surface area (Å²) >= 11 is 0. The average molecular weight is 401 g/mol. The fraction of sp³-hybridized carbons (Fsp3) is 0.500. The zero-order chi connectivity index (χ0) is 20.2. The molecule has 2 saturated carbocycles. The van der Waals surface area contributed by atoms with Crippen molar-refractivity contribution in [1.82, 2.24) is 15.5 Å². The lowest BCUT2D eigenvalue weighted by molar-refractivity contribution is 0.372. The molecule has 2 fully saturated rings. The quantitative estimate of drug-likeness (QED) is 0.425. The molecule has 0 radical (unpaired) electrons. The molecular weight excluding hydrogens is 368 g/mol. The highest BCUT2D eigenvalue weighted by Crippen LogP contribution is 2.27. The topological polar surface area (TPSA) is 50.2 Å². The SMILES string of the molecule is C(=N\C1CCCCC1)/c1cccc2c1nnc1c(CNC3CCCCC3)cccc12. The molecule has 0 atom stereocenters. The van der Waals surface area contributed by atoms with Gasteiger partial charge in [0.1, 0.15) is 5.52 Å². The molecule has 0 bridgehead atoms. The van der Waals surface area contributed by atoms with Crippen molar-refractivity contribution in [3.8, 4) is 0 Å². The first-order valence-corrected chi connectivity index (χ1v) is 11.8. The van der Waals surface area contributed by atoms with Crippen molar-refractivity contribution >= 4 is 28.0 Å². The molecule has 4 heteroatoms. The fourth-order valence-electron chi connectivity index (χ4n) is 5.14. The highest BCUT2D eigenvalue weighted by Gasteiger charge is 2.15. The number of hydrogen-bond acceptors (Lipinski definition) is 4. The van der Waals surface area contributed by atoms with Crippen LogP contribution >= 0.6 is 0 Å². The van der Waals surface area contributed by atoms with Crippen molar-refractivity contribution in [2.45, 2.75) is 82.8 Å². The smallest absolute Gasteiger partial charge is 0.102 e. The minimum atomic E-state index is 0.472. The van der Waals surface area contributed by atoms with Gasteiger partial charge in [-0.15, -0.1) is 10.2 Å². The van der Waals surface area contributed by atoms with E-state index in [4.69, 9.17) is 4.99 Å². The minimum absolute atomic E-state index is 0.472. The molecule has 0 spiro atoms. The first-order chi connectivity index (χ1) is 14.9. The highest BCUT2D eigenvalue weighted by molar-refractivity contribution is 6.09. The third-order valence-electron chi connectivity index (χ3n) is 6.91. The second-order valence-corrected chi connectivity index (χ2v) is 9.04. The van der Waals surface area contributed by atoms with E-state index in [-0.39, 0.29) is 0 Å². The Morgan fingerprint density at radius 1 is 0.800 bits per heavy atom. The third kappa shape index (κ3) is 4.24. The van der Waals surface area contributed by atoms with Crippen LogP contribution in [-0.2, 0) is 6.54 Å². The summed E-state index contributed by atoms with van der Waals surface area (Å²) in [4.78, 5) is 4.88. The summed E-state index contributed by atoms with van der Waals surface area (Å²) < 4.78 is 0. The molecule has 0 aliphatic heterocycles. The minimum Gasteiger partial charge on any atom is -0.310 e. The number of fused-ring (bicyclic) bond motifs is 3. The van der Waals surface area contributed by atoms with Gasteiger partial charge in [-0.05, 0) is 31.2 Å². The fourth-order valence-corrected chi connectivity index (χ4v) is 5.14. The summed E-state index contributed by atoms with van der Waals surface area (Å²) in [5.41, 5.74) is 4.31. The van der Waals surface area contributed by atoms with Gasteiger partial charge in [-0.3, -0.25) is 4.99 Å². The van der Waals surface area contributed by atoms with Gasteiger partial charge in [0.05, 0.1) is 5.52 Å². The van der Waals surface area contributed by atoms with Gasteiger partial charge in [0.25, 0.3) is 0 Å². The summed E-state index contributed by atoms with van der Waals surface area (Å²) in [6, 6.07) is 14.0. The van der Waals surface area contributed by atoms with Gasteiger partial charge in [-0.1, -0.05) is 74.9 Å². The molecule has 1 N–H and O–H groups in total. The molecule has 156 valence electrons. The maximum Gasteiger partial charge on any atom is 0.102 e. The van der Waals surface area contributed by atoms with Gasteiger partial charge in [0, 0.05) is 41.2 Å². The van der Waals surface area contributed by atoms with Crippen LogP contribution in [-0.4, -0.2) is 28.5 Å². The normalized spacial score (nSPS) is 19.2. The Bertz CT molecular complexity index is 1030. The second kappa shape index (κ2) is 9.22. The van der Waals surface area contributed by atoms with Crippen molar-refractivity contribution in [2.75, 3.05) is 0 Å². The Hall–Kier alpha value is -2.33. The van der Waals surface area contributed by atoms with E-state index in [1.165, 1.54) is 80.5 Å². The van der Waals surface area contributed by atoms with Gasteiger partial charge in [0.15, 0.2) is 0 Å². The van der Waals surface area contributed by atoms with Crippen molar-refractivity contribution in [3.05, 3.63) is 47.5 Å². The summed E-state index contributed by atoms with van der Waals surface area (Å²) in [6.45, 7) is 0.866. The van der Waals surface area contributed by atoms with E-state index in [1.54, 1.807) is 0 Å². The number of nitrogens with one attached hydrogen (secondary N) is 1. The number of benzene rings is 2. The summed E-state index contributed by atoms with van der Waals surface area (Å²) in [7, 11) is 0. The van der Waals surface area contributed by atoms with E-state index in [9.17, 15) is 0 Å². The van der Waals surface area contributed by atoms with Gasteiger partial charge in [0.2, 0.25) is 0 Å². The van der Waals surface area contributed by atoms with E-state index in [0.717, 1.165) is 23.1 Å². The van der Waals surface area contributed by atoms with Crippen LogP contribution in [0.4, 0.5) is 0 Å². The molecule has 30 heavy (non-hydrogen) atoms. The standard InChI is InChI=1S/C26H32N4/c1-3-11-21(12-4-1)27-17-19-9-7-15-23-24-16-8-10-20(26(24)30-29-25(19)23)18-28-22-13-5-2-6-14-22/h7-10,15-17,21-22,28H,1-6,11-14,18H2/b27-17+. The second-order valence-electron chi connectivity index (χ2n) is 9.04. The molecule has 5 rings (SSSR count). The summed E-state index contributed by atoms with van der Waals surface area (Å²) in [5, 5.41) is 15.5. The average Bonchev–Trinajstić information content (AvgIpc) is 2.82. The van der Waals surface area contributed by atoms with Crippen molar-refractivity contribution in [1.29, 1.82) is 0 Å². The number of aromatic nitrogens is 2. The maximum atomic E-state index is 4.88. The van der Waals surface area contributed by atoms with Gasteiger partial charge in [-0.2, -0.15) is 0 Å². The molecule has 4 nitrogen and oxygen atoms in total. The van der Waals surface area contributed by atoms with E-state index in [1.807, 2.05) is 6.21 Å². The maximum absolute atomic E-state index is 4.88. The predicted molar refractivity (Wildman–Crippen MR) is 125 cm³/mol. The first-order valence-electron chi connectivity index (χ1n) is 11.8. The van der Waals surface area contributed by atoms with Crippen LogP contribution in [0.5, 0.6) is 0 Å². The van der Waals surface area contributed by atoms with Crippen LogP contribution < -0.4 is 5.32 Å². The Balaban J connectivity index is 1.43.